The van der Waals surface area contributed by atoms with Crippen molar-refractivity contribution in [2.24, 2.45) is 5.73 Å². The van der Waals surface area contributed by atoms with Gasteiger partial charge >= 0.3 is 0 Å². The average Bonchev–Trinajstić information content (AvgIpc) is 2.98. The van der Waals surface area contributed by atoms with Gasteiger partial charge in [0.05, 0.1) is 11.1 Å². The van der Waals surface area contributed by atoms with Crippen molar-refractivity contribution in [2.45, 2.75) is 0 Å². The van der Waals surface area contributed by atoms with E-state index in [0.717, 1.165) is 13.1 Å². The third-order valence-corrected chi connectivity index (χ3v) is 3.60. The topological polar surface area (TPSA) is 79.8 Å². The van der Waals surface area contributed by atoms with Crippen LogP contribution in [0.4, 0.5) is 0 Å². The second-order valence-electron chi connectivity index (χ2n) is 4.87. The highest BCUT2D eigenvalue weighted by Gasteiger charge is 2.30. The molecule has 2 bridgehead atoms. The monoisotopic (exact) mass is 261 g/mol. The molecule has 2 amide bonds. The Morgan fingerprint density at radius 3 is 2.26 bits per heavy atom. The lowest BCUT2D eigenvalue weighted by Crippen LogP contribution is -2.47. The molecule has 3 heterocycles. The molecule has 2 aromatic rings. The maximum Gasteiger partial charge on any atom is 0.258 e. The number of nitrogens with zero attached hydrogens (tertiary/aromatic N) is 2. The van der Waals surface area contributed by atoms with Crippen LogP contribution in [-0.2, 0) is 0 Å². The first-order chi connectivity index (χ1) is 9.08. The van der Waals surface area contributed by atoms with Crippen LogP contribution in [0, 0.1) is 0 Å². The Labute approximate surface area is 110 Å². The molecule has 0 atom stereocenters. The molecule has 1 fully saturated rings. The molecule has 0 aromatic carbocycles. The normalized spacial score (nSPS) is 17.2. The first-order valence-electron chi connectivity index (χ1n) is 6.20. The number of amides is 2. The molecule has 0 saturated carbocycles. The highest BCUT2D eigenvalue weighted by molar-refractivity contribution is 6.15. The van der Waals surface area contributed by atoms with Crippen LogP contribution in [0.15, 0.2) is 16.5 Å². The van der Waals surface area contributed by atoms with Crippen LogP contribution in [0.1, 0.15) is 20.7 Å². The fourth-order valence-corrected chi connectivity index (χ4v) is 2.48. The van der Waals surface area contributed by atoms with Gasteiger partial charge in [-0.3, -0.25) is 9.59 Å². The molecule has 3 rings (SSSR count). The van der Waals surface area contributed by atoms with E-state index in [1.807, 2.05) is 7.05 Å². The Morgan fingerprint density at radius 2 is 1.68 bits per heavy atom. The molecule has 19 heavy (non-hydrogen) atoms. The highest BCUT2D eigenvalue weighted by atomic mass is 16.3. The van der Waals surface area contributed by atoms with E-state index in [1.165, 1.54) is 0 Å². The Hall–Kier alpha value is -2.08. The van der Waals surface area contributed by atoms with E-state index in [9.17, 15) is 9.59 Å². The summed E-state index contributed by atoms with van der Waals surface area (Å²) >= 11 is 0. The number of fused-ring (bicyclic) bond motifs is 2. The van der Waals surface area contributed by atoms with Crippen molar-refractivity contribution in [2.75, 3.05) is 33.2 Å². The molecule has 100 valence electrons. The number of benzene rings is 1. The lowest BCUT2D eigenvalue weighted by atomic mass is 10.1. The van der Waals surface area contributed by atoms with Crippen LogP contribution >= 0.6 is 0 Å². The summed E-state index contributed by atoms with van der Waals surface area (Å²) in [5, 5.41) is 0. The zero-order chi connectivity index (χ0) is 13.6. The summed E-state index contributed by atoms with van der Waals surface area (Å²) in [4.78, 5) is 27.9. The number of piperazine rings is 1. The predicted molar refractivity (Wildman–Crippen MR) is 69.3 cm³/mol. The summed E-state index contributed by atoms with van der Waals surface area (Å²) in [6, 6.07) is 3.36. The van der Waals surface area contributed by atoms with Crippen LogP contribution < -0.4 is 5.73 Å². The summed E-state index contributed by atoms with van der Waals surface area (Å²) in [6.45, 7) is 2.95. The van der Waals surface area contributed by atoms with Crippen LogP contribution in [0.25, 0.3) is 11.2 Å². The van der Waals surface area contributed by atoms with E-state index in [2.05, 4.69) is 4.90 Å². The quantitative estimate of drug-likeness (QED) is 0.846. The number of likely N-dealkylation sites (N-methyl/N-ethyl adjacent to an activating group) is 1. The molecule has 6 heteroatoms. The van der Waals surface area contributed by atoms with Gasteiger partial charge in [-0.1, -0.05) is 0 Å². The van der Waals surface area contributed by atoms with Crippen LogP contribution in [-0.4, -0.2) is 54.8 Å². The number of nitrogens with two attached hydrogens (primary N) is 1. The van der Waals surface area contributed by atoms with Gasteiger partial charge in [-0.2, -0.15) is 0 Å². The standard InChI is InChI=1S/C13H15N3O3/c1-15-4-6-16(7-5-15)13(18)11-9-3-2-8(19-9)10(11)12(14)17/h2-3H,4-7H2,1H3,(H2,14,17). The Balaban J connectivity index is 1.94. The summed E-state index contributed by atoms with van der Waals surface area (Å²) in [5.74, 6) is -0.789. The second kappa shape index (κ2) is 4.24. The minimum absolute atomic E-state index is 0.170. The molecule has 2 N–H and O–H groups in total. The van der Waals surface area contributed by atoms with Crippen molar-refractivity contribution in [3.05, 3.63) is 23.3 Å². The average molecular weight is 261 g/mol. The minimum Gasteiger partial charge on any atom is -0.456 e. The fourth-order valence-electron chi connectivity index (χ4n) is 2.48. The summed E-state index contributed by atoms with van der Waals surface area (Å²) in [5.41, 5.74) is 6.69. The molecule has 0 radical (unpaired) electrons. The summed E-state index contributed by atoms with van der Waals surface area (Å²) in [6.07, 6.45) is 0. The Bertz CT molecular complexity index is 626. The number of carbonyl (C=O) groups excluding carboxylic acids is 2. The summed E-state index contributed by atoms with van der Waals surface area (Å²) < 4.78 is 5.38. The van der Waals surface area contributed by atoms with Gasteiger partial charge in [0.2, 0.25) is 0 Å². The molecule has 0 aliphatic carbocycles. The minimum atomic E-state index is -0.619. The Morgan fingerprint density at radius 1 is 1.11 bits per heavy atom. The van der Waals surface area contributed by atoms with E-state index >= 15 is 0 Å². The number of rotatable bonds is 2. The maximum atomic E-state index is 12.5. The third kappa shape index (κ3) is 1.84. The molecule has 2 aromatic heterocycles. The van der Waals surface area contributed by atoms with E-state index in [0.29, 0.717) is 29.8 Å². The van der Waals surface area contributed by atoms with Crippen molar-refractivity contribution in [3.8, 4) is 0 Å². The number of hydrogen-bond donors (Lipinski definition) is 1. The van der Waals surface area contributed by atoms with Gasteiger partial charge in [-0.25, -0.2) is 0 Å². The van der Waals surface area contributed by atoms with E-state index in [4.69, 9.17) is 10.2 Å². The summed E-state index contributed by atoms with van der Waals surface area (Å²) in [7, 11) is 2.02. The van der Waals surface area contributed by atoms with Crippen molar-refractivity contribution in [3.63, 3.8) is 0 Å². The first-order valence-corrected chi connectivity index (χ1v) is 6.20. The van der Waals surface area contributed by atoms with Crippen LogP contribution in [0.5, 0.6) is 0 Å². The predicted octanol–water partition coefficient (Wildman–Crippen LogP) is 0.357. The Kier molecular flexibility index (Phi) is 2.67. The van der Waals surface area contributed by atoms with Gasteiger partial charge in [-0.15, -0.1) is 0 Å². The fraction of sp³-hybridized carbons (Fsp3) is 0.385. The van der Waals surface area contributed by atoms with E-state index in [-0.39, 0.29) is 11.5 Å². The van der Waals surface area contributed by atoms with Crippen molar-refractivity contribution in [1.29, 1.82) is 0 Å². The first kappa shape index (κ1) is 12.0. The smallest absolute Gasteiger partial charge is 0.258 e. The molecule has 6 nitrogen and oxygen atoms in total. The molecule has 1 aliphatic rings. The molecule has 1 saturated heterocycles. The zero-order valence-corrected chi connectivity index (χ0v) is 10.7. The highest BCUT2D eigenvalue weighted by Crippen LogP contribution is 2.29. The SMILES string of the molecule is CN1CCN(C(=O)c2c(C(N)=O)c3ccc2o3)CC1. The van der Waals surface area contributed by atoms with Crippen molar-refractivity contribution >= 4 is 23.0 Å². The van der Waals surface area contributed by atoms with E-state index < -0.39 is 5.91 Å². The van der Waals surface area contributed by atoms with Gasteiger partial charge in [0.1, 0.15) is 11.2 Å². The number of furan rings is 2. The molecule has 1 aliphatic heterocycles. The van der Waals surface area contributed by atoms with Crippen LogP contribution in [0.3, 0.4) is 0 Å². The lowest BCUT2D eigenvalue weighted by Gasteiger charge is -2.32. The van der Waals surface area contributed by atoms with Crippen LogP contribution in [0.2, 0.25) is 0 Å². The van der Waals surface area contributed by atoms with Gasteiger partial charge in [0, 0.05) is 26.2 Å². The number of hydrogen-bond acceptors (Lipinski definition) is 4. The van der Waals surface area contributed by atoms with Gasteiger partial charge in [-0.05, 0) is 19.2 Å². The lowest BCUT2D eigenvalue weighted by molar-refractivity contribution is 0.0662. The second-order valence-corrected chi connectivity index (χ2v) is 4.87. The molecule has 0 spiro atoms. The number of primary amides is 1. The van der Waals surface area contributed by atoms with Gasteiger partial charge in [0.25, 0.3) is 11.8 Å². The van der Waals surface area contributed by atoms with E-state index in [1.54, 1.807) is 17.0 Å². The largest absolute Gasteiger partial charge is 0.456 e. The molecule has 0 unspecified atom stereocenters. The third-order valence-electron chi connectivity index (χ3n) is 3.60. The molecular formula is C13H15N3O3. The molecular weight excluding hydrogens is 246 g/mol. The van der Waals surface area contributed by atoms with Gasteiger partial charge < -0.3 is 20.0 Å². The van der Waals surface area contributed by atoms with Crippen molar-refractivity contribution < 1.29 is 14.0 Å². The number of carbonyl (C=O) groups is 2. The zero-order valence-electron chi connectivity index (χ0n) is 10.7. The van der Waals surface area contributed by atoms with Crippen molar-refractivity contribution in [1.82, 2.24) is 9.80 Å². The van der Waals surface area contributed by atoms with Gasteiger partial charge in [0.15, 0.2) is 0 Å². The maximum absolute atomic E-state index is 12.5.